The van der Waals surface area contributed by atoms with Crippen molar-refractivity contribution in [2.24, 2.45) is 4.99 Å². The molecular formula is C21H30IN5S. The number of hydrogen-bond acceptors (Lipinski definition) is 4. The number of hydrogen-bond donors (Lipinski definition) is 1. The van der Waals surface area contributed by atoms with Gasteiger partial charge in [-0.05, 0) is 24.8 Å². The van der Waals surface area contributed by atoms with Gasteiger partial charge in [-0.25, -0.2) is 4.98 Å². The summed E-state index contributed by atoms with van der Waals surface area (Å²) in [6.07, 6.45) is 4.73. The quantitative estimate of drug-likeness (QED) is 0.375. The Bertz CT molecular complexity index is 757. The third-order valence-corrected chi connectivity index (χ3v) is 6.50. The van der Waals surface area contributed by atoms with E-state index in [2.05, 4.69) is 55.8 Å². The van der Waals surface area contributed by atoms with Crippen LogP contribution in [0.25, 0.3) is 0 Å². The molecule has 1 N–H and O–H groups in total. The molecule has 0 bridgehead atoms. The first kappa shape index (κ1) is 21.4. The summed E-state index contributed by atoms with van der Waals surface area (Å²) in [6, 6.07) is 10.8. The van der Waals surface area contributed by atoms with E-state index in [1.807, 2.05) is 7.05 Å². The van der Waals surface area contributed by atoms with Crippen molar-refractivity contribution in [1.29, 1.82) is 0 Å². The Kier molecular flexibility index (Phi) is 7.96. The van der Waals surface area contributed by atoms with E-state index in [4.69, 9.17) is 4.98 Å². The van der Waals surface area contributed by atoms with Crippen molar-refractivity contribution < 1.29 is 0 Å². The highest BCUT2D eigenvalue weighted by atomic mass is 127. The van der Waals surface area contributed by atoms with Crippen LogP contribution >= 0.6 is 35.3 Å². The molecule has 2 saturated heterocycles. The summed E-state index contributed by atoms with van der Waals surface area (Å²) in [5.41, 5.74) is 2.63. The van der Waals surface area contributed by atoms with Gasteiger partial charge in [0, 0.05) is 57.5 Å². The van der Waals surface area contributed by atoms with Gasteiger partial charge in [0.25, 0.3) is 0 Å². The molecule has 0 saturated carbocycles. The number of aromatic nitrogens is 1. The second kappa shape index (κ2) is 10.4. The zero-order chi connectivity index (χ0) is 18.5. The van der Waals surface area contributed by atoms with Crippen molar-refractivity contribution in [2.75, 3.05) is 44.7 Å². The Balaban J connectivity index is 0.00000225. The Morgan fingerprint density at radius 2 is 2.00 bits per heavy atom. The Labute approximate surface area is 189 Å². The smallest absolute Gasteiger partial charge is 0.193 e. The first-order valence-electron chi connectivity index (χ1n) is 10.0. The molecule has 152 valence electrons. The van der Waals surface area contributed by atoms with Crippen molar-refractivity contribution in [3.63, 3.8) is 0 Å². The fraction of sp³-hybridized carbons (Fsp3) is 0.524. The van der Waals surface area contributed by atoms with Gasteiger partial charge in [0.05, 0.1) is 5.69 Å². The molecule has 0 spiro atoms. The Morgan fingerprint density at radius 1 is 1.21 bits per heavy atom. The Hall–Kier alpha value is -1.35. The number of nitrogens with zero attached hydrogens (tertiary/aromatic N) is 4. The molecule has 2 aliphatic rings. The van der Waals surface area contributed by atoms with Crippen LogP contribution in [0.2, 0.25) is 0 Å². The van der Waals surface area contributed by atoms with Crippen LogP contribution in [0.3, 0.4) is 0 Å². The number of guanidine groups is 1. The maximum absolute atomic E-state index is 4.82. The lowest BCUT2D eigenvalue weighted by molar-refractivity contribution is 0.486. The average Bonchev–Trinajstić information content (AvgIpc) is 3.47. The first-order valence-corrected chi connectivity index (χ1v) is 10.9. The fourth-order valence-corrected chi connectivity index (χ4v) is 4.96. The second-order valence-electron chi connectivity index (χ2n) is 7.38. The second-order valence-corrected chi connectivity index (χ2v) is 8.22. The molecule has 3 heterocycles. The lowest BCUT2D eigenvalue weighted by Gasteiger charge is -2.21. The van der Waals surface area contributed by atoms with Crippen LogP contribution in [-0.2, 0) is 6.42 Å². The van der Waals surface area contributed by atoms with Gasteiger partial charge in [0.15, 0.2) is 11.1 Å². The van der Waals surface area contributed by atoms with Gasteiger partial charge < -0.3 is 15.1 Å². The van der Waals surface area contributed by atoms with Gasteiger partial charge in [0.2, 0.25) is 0 Å². The van der Waals surface area contributed by atoms with Crippen molar-refractivity contribution in [3.8, 4) is 0 Å². The van der Waals surface area contributed by atoms with Crippen molar-refractivity contribution in [1.82, 2.24) is 15.2 Å². The summed E-state index contributed by atoms with van der Waals surface area (Å²) >= 11 is 1.78. The number of benzene rings is 1. The molecular weight excluding hydrogens is 481 g/mol. The van der Waals surface area contributed by atoms with Gasteiger partial charge >= 0.3 is 0 Å². The van der Waals surface area contributed by atoms with E-state index < -0.39 is 0 Å². The van der Waals surface area contributed by atoms with Crippen LogP contribution in [0.1, 0.15) is 36.4 Å². The van der Waals surface area contributed by atoms with Gasteiger partial charge in [-0.3, -0.25) is 4.99 Å². The van der Waals surface area contributed by atoms with Crippen LogP contribution in [0, 0.1) is 0 Å². The number of rotatable bonds is 5. The zero-order valence-electron chi connectivity index (χ0n) is 16.5. The Morgan fingerprint density at radius 3 is 2.75 bits per heavy atom. The molecule has 1 unspecified atom stereocenters. The normalized spacial score (nSPS) is 19.8. The summed E-state index contributed by atoms with van der Waals surface area (Å²) in [5.74, 6) is 1.62. The van der Waals surface area contributed by atoms with Gasteiger partial charge in [-0.15, -0.1) is 35.3 Å². The minimum Gasteiger partial charge on any atom is -0.356 e. The van der Waals surface area contributed by atoms with Crippen LogP contribution < -0.4 is 10.2 Å². The molecule has 0 aliphatic carbocycles. The van der Waals surface area contributed by atoms with E-state index in [-0.39, 0.29) is 24.0 Å². The number of halogens is 1. The minimum atomic E-state index is 0. The molecule has 0 radical (unpaired) electrons. The van der Waals surface area contributed by atoms with Crippen molar-refractivity contribution in [2.45, 2.75) is 31.6 Å². The van der Waals surface area contributed by atoms with E-state index in [1.54, 1.807) is 11.3 Å². The molecule has 5 nitrogen and oxygen atoms in total. The average molecular weight is 511 g/mol. The first-order chi connectivity index (χ1) is 13.3. The molecule has 1 aromatic carbocycles. The zero-order valence-corrected chi connectivity index (χ0v) is 19.7. The van der Waals surface area contributed by atoms with E-state index >= 15 is 0 Å². The van der Waals surface area contributed by atoms with Gasteiger partial charge in [-0.1, -0.05) is 30.3 Å². The molecule has 1 aromatic heterocycles. The van der Waals surface area contributed by atoms with Crippen LogP contribution in [0.15, 0.2) is 40.7 Å². The maximum atomic E-state index is 4.82. The molecule has 2 aromatic rings. The van der Waals surface area contributed by atoms with Crippen molar-refractivity contribution >= 4 is 46.4 Å². The molecule has 2 fully saturated rings. The third kappa shape index (κ3) is 5.17. The van der Waals surface area contributed by atoms with E-state index in [0.29, 0.717) is 5.92 Å². The summed E-state index contributed by atoms with van der Waals surface area (Å²) < 4.78 is 0. The topological polar surface area (TPSA) is 43.8 Å². The summed E-state index contributed by atoms with van der Waals surface area (Å²) in [7, 11) is 1.88. The molecule has 0 amide bonds. The standard InChI is InChI=1S/C21H29N5S.HI/c1-22-20(26-14-10-18(15-26)17-7-3-2-4-8-17)23-11-9-19-16-27-21(24-19)25-12-5-6-13-25;/h2-4,7-8,16,18H,5-6,9-15H2,1H3,(H,22,23);1H. The van der Waals surface area contributed by atoms with Crippen molar-refractivity contribution in [3.05, 3.63) is 47.0 Å². The number of likely N-dealkylation sites (tertiary alicyclic amines) is 1. The predicted octanol–water partition coefficient (Wildman–Crippen LogP) is 3.97. The lowest BCUT2D eigenvalue weighted by Crippen LogP contribution is -2.40. The highest BCUT2D eigenvalue weighted by Crippen LogP contribution is 2.27. The number of nitrogens with one attached hydrogen (secondary N) is 1. The van der Waals surface area contributed by atoms with E-state index in [1.165, 1.54) is 35.7 Å². The summed E-state index contributed by atoms with van der Waals surface area (Å²) in [5, 5.41) is 6.94. The molecule has 4 rings (SSSR count). The summed E-state index contributed by atoms with van der Waals surface area (Å²) in [4.78, 5) is 14.1. The van der Waals surface area contributed by atoms with E-state index in [0.717, 1.165) is 45.1 Å². The monoisotopic (exact) mass is 511 g/mol. The molecule has 28 heavy (non-hydrogen) atoms. The van der Waals surface area contributed by atoms with Gasteiger partial charge in [0.1, 0.15) is 0 Å². The third-order valence-electron chi connectivity index (χ3n) is 5.55. The fourth-order valence-electron chi connectivity index (χ4n) is 4.05. The van der Waals surface area contributed by atoms with E-state index in [9.17, 15) is 0 Å². The minimum absolute atomic E-state index is 0. The highest BCUT2D eigenvalue weighted by Gasteiger charge is 2.25. The molecule has 1 atom stereocenters. The molecule has 2 aliphatic heterocycles. The van der Waals surface area contributed by atoms with Gasteiger partial charge in [-0.2, -0.15) is 0 Å². The highest BCUT2D eigenvalue weighted by molar-refractivity contribution is 14.0. The largest absolute Gasteiger partial charge is 0.356 e. The SMILES string of the molecule is CN=C(NCCc1csc(N2CCCC2)n1)N1CCC(c2ccccc2)C1.I. The lowest BCUT2D eigenvalue weighted by atomic mass is 9.99. The van der Waals surface area contributed by atoms with Crippen LogP contribution in [-0.4, -0.2) is 55.6 Å². The van der Waals surface area contributed by atoms with Crippen LogP contribution in [0.5, 0.6) is 0 Å². The number of aliphatic imine (C=N–C) groups is 1. The number of anilines is 1. The van der Waals surface area contributed by atoms with Crippen LogP contribution in [0.4, 0.5) is 5.13 Å². The maximum Gasteiger partial charge on any atom is 0.193 e. The number of thiazole rings is 1. The predicted molar refractivity (Wildman–Crippen MR) is 129 cm³/mol. The summed E-state index contributed by atoms with van der Waals surface area (Å²) in [6.45, 7) is 5.31. The molecule has 7 heteroatoms.